The fraction of sp³-hybridized carbons (Fsp3) is 0.167. The summed E-state index contributed by atoms with van der Waals surface area (Å²) < 4.78 is 31.8. The number of hydrogen-bond acceptors (Lipinski definition) is 5. The van der Waals surface area contributed by atoms with E-state index in [0.717, 1.165) is 46.7 Å². The third-order valence-corrected chi connectivity index (χ3v) is 4.17. The molecule has 134 valence electrons. The van der Waals surface area contributed by atoms with Crippen LogP contribution in [-0.4, -0.2) is 21.9 Å². The van der Waals surface area contributed by atoms with Gasteiger partial charge in [0.05, 0.1) is 5.75 Å². The number of halogens is 2. The van der Waals surface area contributed by atoms with Crippen LogP contribution in [-0.2, 0) is 4.79 Å². The smallest absolute Gasteiger partial charge is 0.277 e. The van der Waals surface area contributed by atoms with Crippen molar-refractivity contribution in [1.82, 2.24) is 10.2 Å². The molecular weight excluding hydrogens is 360 g/mol. The minimum atomic E-state index is -0.761. The molecule has 0 aliphatic carbocycles. The predicted octanol–water partition coefficient (Wildman–Crippen LogP) is 4.36. The first kappa shape index (κ1) is 18.1. The van der Waals surface area contributed by atoms with Gasteiger partial charge in [0.2, 0.25) is 11.8 Å². The minimum Gasteiger partial charge on any atom is -0.411 e. The number of benzene rings is 2. The summed E-state index contributed by atoms with van der Waals surface area (Å²) in [5.74, 6) is -1.63. The largest absolute Gasteiger partial charge is 0.411 e. The Morgan fingerprint density at radius 1 is 1.04 bits per heavy atom. The highest BCUT2D eigenvalue weighted by molar-refractivity contribution is 7.99. The summed E-state index contributed by atoms with van der Waals surface area (Å²) in [5, 5.41) is 10.5. The molecule has 0 aliphatic heterocycles. The van der Waals surface area contributed by atoms with Gasteiger partial charge >= 0.3 is 0 Å². The maximum absolute atomic E-state index is 13.1. The fourth-order valence-corrected chi connectivity index (χ4v) is 3.00. The Labute approximate surface area is 152 Å². The number of nitrogens with one attached hydrogen (secondary N) is 1. The summed E-state index contributed by atoms with van der Waals surface area (Å²) >= 11 is 1.04. The lowest BCUT2D eigenvalue weighted by molar-refractivity contribution is -0.113. The quantitative estimate of drug-likeness (QED) is 0.671. The van der Waals surface area contributed by atoms with E-state index in [0.29, 0.717) is 5.89 Å². The first-order chi connectivity index (χ1) is 12.4. The molecule has 8 heteroatoms. The van der Waals surface area contributed by atoms with Gasteiger partial charge in [-0.25, -0.2) is 8.78 Å². The van der Waals surface area contributed by atoms with Crippen LogP contribution in [0.4, 0.5) is 14.5 Å². The monoisotopic (exact) mass is 375 g/mol. The van der Waals surface area contributed by atoms with E-state index >= 15 is 0 Å². The Morgan fingerprint density at radius 3 is 2.35 bits per heavy atom. The van der Waals surface area contributed by atoms with Crippen LogP contribution in [0.2, 0.25) is 0 Å². The number of aromatic nitrogens is 2. The number of nitrogens with zero attached hydrogens (tertiary/aromatic N) is 2. The Morgan fingerprint density at radius 2 is 1.69 bits per heavy atom. The molecular formula is C18H15F2N3O2S. The first-order valence-corrected chi connectivity index (χ1v) is 8.68. The minimum absolute atomic E-state index is 0.0351. The topological polar surface area (TPSA) is 68.0 Å². The fourth-order valence-electron chi connectivity index (χ4n) is 2.43. The van der Waals surface area contributed by atoms with Crippen molar-refractivity contribution in [1.29, 1.82) is 0 Å². The second-order valence-electron chi connectivity index (χ2n) is 5.74. The average molecular weight is 375 g/mol. The van der Waals surface area contributed by atoms with Crippen molar-refractivity contribution >= 4 is 23.4 Å². The second kappa shape index (κ2) is 7.65. The van der Waals surface area contributed by atoms with Crippen LogP contribution in [0.3, 0.4) is 0 Å². The van der Waals surface area contributed by atoms with Crippen LogP contribution in [0.15, 0.2) is 46.0 Å². The second-order valence-corrected chi connectivity index (χ2v) is 6.67. The lowest BCUT2D eigenvalue weighted by Crippen LogP contribution is -2.14. The van der Waals surface area contributed by atoms with Crippen molar-refractivity contribution in [3.8, 4) is 11.5 Å². The molecule has 5 nitrogen and oxygen atoms in total. The van der Waals surface area contributed by atoms with E-state index in [1.807, 2.05) is 32.0 Å². The molecule has 1 amide bonds. The third-order valence-electron chi connectivity index (χ3n) is 3.35. The van der Waals surface area contributed by atoms with Gasteiger partial charge in [0, 0.05) is 17.3 Å². The van der Waals surface area contributed by atoms with Crippen LogP contribution >= 0.6 is 11.8 Å². The average Bonchev–Trinajstić information content (AvgIpc) is 3.00. The van der Waals surface area contributed by atoms with Gasteiger partial charge in [-0.1, -0.05) is 29.0 Å². The Bertz CT molecular complexity index is 919. The van der Waals surface area contributed by atoms with Gasteiger partial charge in [-0.3, -0.25) is 4.79 Å². The van der Waals surface area contributed by atoms with Gasteiger partial charge in [-0.15, -0.1) is 10.2 Å². The summed E-state index contributed by atoms with van der Waals surface area (Å²) in [6.07, 6.45) is 0. The van der Waals surface area contributed by atoms with Gasteiger partial charge in [0.25, 0.3) is 5.22 Å². The van der Waals surface area contributed by atoms with Crippen LogP contribution < -0.4 is 5.32 Å². The van der Waals surface area contributed by atoms with Crippen molar-refractivity contribution in [2.45, 2.75) is 19.1 Å². The third kappa shape index (κ3) is 4.66. The highest BCUT2D eigenvalue weighted by Gasteiger charge is 2.12. The van der Waals surface area contributed by atoms with Crippen molar-refractivity contribution in [3.63, 3.8) is 0 Å². The zero-order valence-corrected chi connectivity index (χ0v) is 14.9. The lowest BCUT2D eigenvalue weighted by Gasteiger charge is -2.04. The molecule has 1 heterocycles. The Kier molecular flexibility index (Phi) is 5.32. The van der Waals surface area contributed by atoms with E-state index < -0.39 is 17.5 Å². The molecule has 0 spiro atoms. The van der Waals surface area contributed by atoms with Crippen molar-refractivity contribution in [2.75, 3.05) is 11.1 Å². The van der Waals surface area contributed by atoms with Crippen molar-refractivity contribution in [3.05, 3.63) is 59.2 Å². The summed E-state index contributed by atoms with van der Waals surface area (Å²) in [6, 6.07) is 8.71. The molecule has 26 heavy (non-hydrogen) atoms. The molecule has 1 aromatic heterocycles. The number of anilines is 1. The molecule has 1 N–H and O–H groups in total. The lowest BCUT2D eigenvalue weighted by atomic mass is 10.1. The van der Waals surface area contributed by atoms with Gasteiger partial charge < -0.3 is 9.73 Å². The number of aryl methyl sites for hydroxylation is 2. The molecule has 3 rings (SSSR count). The van der Waals surface area contributed by atoms with E-state index in [-0.39, 0.29) is 16.7 Å². The zero-order valence-electron chi connectivity index (χ0n) is 14.0. The Hall–Kier alpha value is -2.74. The number of carbonyl (C=O) groups is 1. The van der Waals surface area contributed by atoms with E-state index in [1.165, 1.54) is 0 Å². The molecule has 0 fully saturated rings. The van der Waals surface area contributed by atoms with Crippen LogP contribution in [0.25, 0.3) is 11.5 Å². The van der Waals surface area contributed by atoms with Gasteiger partial charge in [-0.05, 0) is 38.1 Å². The van der Waals surface area contributed by atoms with Crippen LogP contribution in [0.5, 0.6) is 0 Å². The predicted molar refractivity (Wildman–Crippen MR) is 94.9 cm³/mol. The maximum atomic E-state index is 13.1. The standard InChI is InChI=1S/C18H15F2N3O2S/c1-10-3-11(2)5-12(4-10)17-22-23-18(25-17)26-9-16(24)21-15-7-13(19)6-14(20)8-15/h3-8H,9H2,1-2H3,(H,21,24). The number of thioether (sulfide) groups is 1. The van der Waals surface area contributed by atoms with E-state index in [1.54, 1.807) is 0 Å². The van der Waals surface area contributed by atoms with E-state index in [9.17, 15) is 13.6 Å². The molecule has 0 saturated heterocycles. The summed E-state index contributed by atoms with van der Waals surface area (Å²) in [6.45, 7) is 3.95. The zero-order chi connectivity index (χ0) is 18.7. The van der Waals surface area contributed by atoms with Crippen LogP contribution in [0, 0.1) is 25.5 Å². The molecule has 0 unspecified atom stereocenters. The van der Waals surface area contributed by atoms with Crippen molar-refractivity contribution in [2.24, 2.45) is 0 Å². The van der Waals surface area contributed by atoms with Crippen molar-refractivity contribution < 1.29 is 18.0 Å². The number of amides is 1. The normalized spacial score (nSPS) is 10.8. The van der Waals surface area contributed by atoms with Gasteiger partial charge in [0.1, 0.15) is 11.6 Å². The van der Waals surface area contributed by atoms with E-state index in [2.05, 4.69) is 15.5 Å². The molecule has 0 atom stereocenters. The molecule has 0 saturated carbocycles. The van der Waals surface area contributed by atoms with Crippen LogP contribution in [0.1, 0.15) is 11.1 Å². The van der Waals surface area contributed by atoms with Gasteiger partial charge in [0.15, 0.2) is 0 Å². The number of rotatable bonds is 5. The highest BCUT2D eigenvalue weighted by atomic mass is 32.2. The molecule has 0 radical (unpaired) electrons. The number of carbonyl (C=O) groups excluding carboxylic acids is 1. The number of hydrogen-bond donors (Lipinski definition) is 1. The Balaban J connectivity index is 1.61. The molecule has 2 aromatic carbocycles. The summed E-state index contributed by atoms with van der Waals surface area (Å²) in [4.78, 5) is 11.9. The van der Waals surface area contributed by atoms with Gasteiger partial charge in [-0.2, -0.15) is 0 Å². The molecule has 0 aliphatic rings. The SMILES string of the molecule is Cc1cc(C)cc(-c2nnc(SCC(=O)Nc3cc(F)cc(F)c3)o2)c1. The maximum Gasteiger partial charge on any atom is 0.277 e. The van der Waals surface area contributed by atoms with E-state index in [4.69, 9.17) is 4.42 Å². The first-order valence-electron chi connectivity index (χ1n) is 7.70. The highest BCUT2D eigenvalue weighted by Crippen LogP contribution is 2.25. The summed E-state index contributed by atoms with van der Waals surface area (Å²) in [5.41, 5.74) is 3.01. The molecule has 0 bridgehead atoms. The summed E-state index contributed by atoms with van der Waals surface area (Å²) in [7, 11) is 0. The molecule has 3 aromatic rings.